The zero-order valence-corrected chi connectivity index (χ0v) is 14.9. The van der Waals surface area contributed by atoms with Crippen LogP contribution in [-0.4, -0.2) is 21.9 Å². The predicted molar refractivity (Wildman–Crippen MR) is 92.5 cm³/mol. The summed E-state index contributed by atoms with van der Waals surface area (Å²) < 4.78 is 0. The summed E-state index contributed by atoms with van der Waals surface area (Å²) in [5.41, 5.74) is 1.34. The molecule has 0 spiro atoms. The molecule has 2 fully saturated rings. The van der Waals surface area contributed by atoms with Gasteiger partial charge in [0.25, 0.3) is 0 Å². The average Bonchev–Trinajstić information content (AvgIpc) is 2.41. The van der Waals surface area contributed by atoms with Crippen LogP contribution in [0.2, 0.25) is 0 Å². The maximum absolute atomic E-state index is 11.6. The molecule has 2 rings (SSSR count). The van der Waals surface area contributed by atoms with Crippen LogP contribution in [0.3, 0.4) is 0 Å². The minimum atomic E-state index is -0.699. The van der Waals surface area contributed by atoms with Crippen LogP contribution in [0.15, 0.2) is 24.3 Å². The first kappa shape index (κ1) is 17.7. The summed E-state index contributed by atoms with van der Waals surface area (Å²) in [5, 5.41) is 22.2. The van der Waals surface area contributed by atoms with Crippen LogP contribution in [0, 0.1) is 23.2 Å². The van der Waals surface area contributed by atoms with E-state index in [0.29, 0.717) is 12.3 Å². The molecule has 0 radical (unpaired) electrons. The van der Waals surface area contributed by atoms with Crippen LogP contribution >= 0.6 is 0 Å². The smallest absolute Gasteiger partial charge is 0.0733 e. The van der Waals surface area contributed by atoms with Crippen LogP contribution in [0.4, 0.5) is 0 Å². The molecular formula is C20H34O2. The van der Waals surface area contributed by atoms with Gasteiger partial charge in [-0.15, -0.1) is 0 Å². The molecule has 2 N–H and O–H groups in total. The first-order valence-electron chi connectivity index (χ1n) is 8.82. The Labute approximate surface area is 136 Å². The summed E-state index contributed by atoms with van der Waals surface area (Å²) in [7, 11) is 0. The van der Waals surface area contributed by atoms with Crippen LogP contribution in [0.5, 0.6) is 0 Å². The van der Waals surface area contributed by atoms with E-state index in [4.69, 9.17) is 0 Å². The number of aliphatic hydroxyl groups is 2. The van der Waals surface area contributed by atoms with E-state index in [-0.39, 0.29) is 23.4 Å². The molecule has 2 saturated carbocycles. The molecule has 22 heavy (non-hydrogen) atoms. The third-order valence-corrected chi connectivity index (χ3v) is 6.83. The third-order valence-electron chi connectivity index (χ3n) is 6.83. The SMILES string of the molecule is C=C(C)C1CCC(C)C(O)(C2(C)CCC(C(=C)C)C(O)C2)C1. The summed E-state index contributed by atoms with van der Waals surface area (Å²) in [4.78, 5) is 0. The lowest BCUT2D eigenvalue weighted by Gasteiger charge is -2.56. The molecule has 126 valence electrons. The third kappa shape index (κ3) is 2.92. The summed E-state index contributed by atoms with van der Waals surface area (Å²) in [5.74, 6) is 0.878. The van der Waals surface area contributed by atoms with Gasteiger partial charge in [0, 0.05) is 5.92 Å². The first-order valence-corrected chi connectivity index (χ1v) is 8.82. The van der Waals surface area contributed by atoms with Gasteiger partial charge >= 0.3 is 0 Å². The van der Waals surface area contributed by atoms with Crippen molar-refractivity contribution in [2.24, 2.45) is 23.2 Å². The molecule has 0 aromatic carbocycles. The molecule has 0 bridgehead atoms. The number of hydrogen-bond donors (Lipinski definition) is 2. The first-order chi connectivity index (χ1) is 10.1. The van der Waals surface area contributed by atoms with Crippen molar-refractivity contribution >= 4 is 0 Å². The van der Waals surface area contributed by atoms with E-state index < -0.39 is 5.60 Å². The van der Waals surface area contributed by atoms with Gasteiger partial charge in [0.2, 0.25) is 0 Å². The van der Waals surface area contributed by atoms with E-state index in [1.807, 2.05) is 6.92 Å². The van der Waals surface area contributed by atoms with Crippen molar-refractivity contribution in [2.75, 3.05) is 0 Å². The minimum Gasteiger partial charge on any atom is -0.392 e. The number of rotatable bonds is 3. The quantitative estimate of drug-likeness (QED) is 0.755. The molecule has 2 aliphatic rings. The van der Waals surface area contributed by atoms with E-state index in [1.54, 1.807) is 0 Å². The second-order valence-electron chi connectivity index (χ2n) is 8.47. The van der Waals surface area contributed by atoms with E-state index in [1.165, 1.54) is 5.57 Å². The number of allylic oxidation sites excluding steroid dienone is 1. The fraction of sp³-hybridized carbons (Fsp3) is 0.800. The molecule has 0 heterocycles. The maximum Gasteiger partial charge on any atom is 0.0733 e. The van der Waals surface area contributed by atoms with E-state index >= 15 is 0 Å². The Morgan fingerprint density at radius 3 is 2.18 bits per heavy atom. The van der Waals surface area contributed by atoms with E-state index in [0.717, 1.165) is 37.7 Å². The van der Waals surface area contributed by atoms with Gasteiger partial charge in [-0.1, -0.05) is 38.2 Å². The lowest BCUT2D eigenvalue weighted by atomic mass is 9.53. The highest BCUT2D eigenvalue weighted by molar-refractivity contribution is 5.13. The zero-order valence-electron chi connectivity index (χ0n) is 14.9. The molecule has 2 nitrogen and oxygen atoms in total. The molecule has 6 atom stereocenters. The van der Waals surface area contributed by atoms with Gasteiger partial charge in [-0.2, -0.15) is 0 Å². The standard InChI is InChI=1S/C20H34O2/c1-13(2)16-8-7-15(5)20(22,11-16)19(6)10-9-17(14(3)4)18(21)12-19/h15-18,21-22H,1,3,7-12H2,2,4-6H3. The normalized spacial score (nSPS) is 46.3. The predicted octanol–water partition coefficient (Wildman–Crippen LogP) is 4.47. The van der Waals surface area contributed by atoms with Crippen molar-refractivity contribution < 1.29 is 10.2 Å². The van der Waals surface area contributed by atoms with Crippen LogP contribution in [-0.2, 0) is 0 Å². The minimum absolute atomic E-state index is 0.188. The highest BCUT2D eigenvalue weighted by Crippen LogP contribution is 2.56. The van der Waals surface area contributed by atoms with Crippen molar-refractivity contribution in [1.82, 2.24) is 0 Å². The van der Waals surface area contributed by atoms with E-state index in [9.17, 15) is 10.2 Å². The van der Waals surface area contributed by atoms with Gasteiger partial charge in [-0.3, -0.25) is 0 Å². The van der Waals surface area contributed by atoms with Crippen molar-refractivity contribution in [3.63, 3.8) is 0 Å². The van der Waals surface area contributed by atoms with Gasteiger partial charge < -0.3 is 10.2 Å². The topological polar surface area (TPSA) is 40.5 Å². The molecule has 2 heteroatoms. The largest absolute Gasteiger partial charge is 0.392 e. The summed E-state index contributed by atoms with van der Waals surface area (Å²) in [6, 6.07) is 0. The van der Waals surface area contributed by atoms with Crippen molar-refractivity contribution in [2.45, 2.75) is 77.9 Å². The van der Waals surface area contributed by atoms with Gasteiger partial charge in [0.1, 0.15) is 0 Å². The molecule has 6 unspecified atom stereocenters. The highest BCUT2D eigenvalue weighted by Gasteiger charge is 2.55. The molecule has 2 aliphatic carbocycles. The Morgan fingerprint density at radius 2 is 1.68 bits per heavy atom. The zero-order chi connectivity index (χ0) is 16.7. The van der Waals surface area contributed by atoms with Gasteiger partial charge in [-0.05, 0) is 69.6 Å². The second-order valence-corrected chi connectivity index (χ2v) is 8.47. The number of hydrogen-bond acceptors (Lipinski definition) is 2. The highest BCUT2D eigenvalue weighted by atomic mass is 16.3. The monoisotopic (exact) mass is 306 g/mol. The lowest BCUT2D eigenvalue weighted by Crippen LogP contribution is -2.57. The fourth-order valence-electron chi connectivity index (χ4n) is 4.97. The second kappa shape index (κ2) is 6.13. The van der Waals surface area contributed by atoms with Crippen molar-refractivity contribution in [3.8, 4) is 0 Å². The van der Waals surface area contributed by atoms with Crippen LogP contribution in [0.25, 0.3) is 0 Å². The van der Waals surface area contributed by atoms with Gasteiger partial charge in [0.05, 0.1) is 11.7 Å². The Bertz CT molecular complexity index is 455. The Balaban J connectivity index is 2.23. The summed E-state index contributed by atoms with van der Waals surface area (Å²) in [6.07, 6.45) is 5.16. The van der Waals surface area contributed by atoms with E-state index in [2.05, 4.69) is 33.9 Å². The average molecular weight is 306 g/mol. The molecule has 0 aromatic heterocycles. The van der Waals surface area contributed by atoms with Crippen molar-refractivity contribution in [1.29, 1.82) is 0 Å². The summed E-state index contributed by atoms with van der Waals surface area (Å²) >= 11 is 0. The summed E-state index contributed by atoms with van der Waals surface area (Å²) in [6.45, 7) is 16.6. The van der Waals surface area contributed by atoms with Crippen LogP contribution < -0.4 is 0 Å². The Morgan fingerprint density at radius 1 is 1.05 bits per heavy atom. The Kier molecular flexibility index (Phi) is 4.94. The molecular weight excluding hydrogens is 272 g/mol. The molecule has 0 amide bonds. The molecule has 0 aromatic rings. The molecule has 0 saturated heterocycles. The van der Waals surface area contributed by atoms with Gasteiger partial charge in [-0.25, -0.2) is 0 Å². The Hall–Kier alpha value is -0.600. The molecule has 0 aliphatic heterocycles. The number of aliphatic hydroxyl groups excluding tert-OH is 1. The lowest BCUT2D eigenvalue weighted by molar-refractivity contribution is -0.174. The fourth-order valence-corrected chi connectivity index (χ4v) is 4.97. The van der Waals surface area contributed by atoms with Crippen molar-refractivity contribution in [3.05, 3.63) is 24.3 Å². The maximum atomic E-state index is 11.6. The van der Waals surface area contributed by atoms with Crippen LogP contribution in [0.1, 0.15) is 66.2 Å². The van der Waals surface area contributed by atoms with Gasteiger partial charge in [0.15, 0.2) is 0 Å².